The number of benzene rings is 1. The number of halogens is 1. The highest BCUT2D eigenvalue weighted by Crippen LogP contribution is 2.25. The Bertz CT molecular complexity index is 469. The van der Waals surface area contributed by atoms with Gasteiger partial charge in [-0.15, -0.1) is 0 Å². The number of hydrogen-bond donors (Lipinski definition) is 2. The molecule has 1 unspecified atom stereocenters. The summed E-state index contributed by atoms with van der Waals surface area (Å²) in [5, 5.41) is 2.60. The minimum absolute atomic E-state index is 0.000358. The van der Waals surface area contributed by atoms with Crippen molar-refractivity contribution in [3.63, 3.8) is 0 Å². The van der Waals surface area contributed by atoms with Crippen LogP contribution < -0.4 is 11.1 Å². The third kappa shape index (κ3) is 5.17. The average Bonchev–Trinajstić information content (AvgIpc) is 2.29. The molecule has 1 aromatic rings. The Labute approximate surface area is 119 Å². The minimum atomic E-state index is -0.570. The first kappa shape index (κ1) is 16.4. The molecular weight excluding hydrogens is 259 g/mol. The molecule has 0 saturated heterocycles. The number of amides is 1. The molecule has 0 aliphatic heterocycles. The SMILES string of the molecule is CC(CCN)c1cc(NC(=O)OC(C)(C)C)ccc1F. The number of carbonyl (C=O) groups is 1. The molecule has 4 nitrogen and oxygen atoms in total. The number of rotatable bonds is 4. The molecule has 20 heavy (non-hydrogen) atoms. The zero-order valence-corrected chi connectivity index (χ0v) is 12.5. The maximum absolute atomic E-state index is 13.8. The number of nitrogens with one attached hydrogen (secondary N) is 1. The summed E-state index contributed by atoms with van der Waals surface area (Å²) in [6.45, 7) is 7.75. The standard InChI is InChI=1S/C15H23FN2O2/c1-10(7-8-17)12-9-11(5-6-13(12)16)18-14(19)20-15(2,3)4/h5-6,9-10H,7-8,17H2,1-4H3,(H,18,19). The lowest BCUT2D eigenvalue weighted by Crippen LogP contribution is -2.27. The van der Waals surface area contributed by atoms with Gasteiger partial charge in [0.05, 0.1) is 0 Å². The van der Waals surface area contributed by atoms with Gasteiger partial charge in [0.25, 0.3) is 0 Å². The maximum atomic E-state index is 13.8. The number of ether oxygens (including phenoxy) is 1. The molecule has 0 spiro atoms. The van der Waals surface area contributed by atoms with E-state index in [0.29, 0.717) is 24.2 Å². The van der Waals surface area contributed by atoms with Crippen LogP contribution in [0.4, 0.5) is 14.9 Å². The summed E-state index contributed by atoms with van der Waals surface area (Å²) in [7, 11) is 0. The van der Waals surface area contributed by atoms with Crippen LogP contribution in [-0.2, 0) is 4.74 Å². The first-order valence-corrected chi connectivity index (χ1v) is 6.72. The van der Waals surface area contributed by atoms with E-state index < -0.39 is 11.7 Å². The van der Waals surface area contributed by atoms with Crippen LogP contribution in [0.25, 0.3) is 0 Å². The largest absolute Gasteiger partial charge is 0.444 e. The average molecular weight is 282 g/mol. The zero-order chi connectivity index (χ0) is 15.3. The molecule has 3 N–H and O–H groups in total. The highest BCUT2D eigenvalue weighted by Gasteiger charge is 2.17. The van der Waals surface area contributed by atoms with Crippen molar-refractivity contribution in [2.45, 2.75) is 45.6 Å². The summed E-state index contributed by atoms with van der Waals surface area (Å²) >= 11 is 0. The minimum Gasteiger partial charge on any atom is -0.444 e. The number of carbonyl (C=O) groups excluding carboxylic acids is 1. The van der Waals surface area contributed by atoms with Gasteiger partial charge in [-0.25, -0.2) is 9.18 Å². The summed E-state index contributed by atoms with van der Waals surface area (Å²) in [5.74, 6) is -0.291. The highest BCUT2D eigenvalue weighted by molar-refractivity contribution is 5.85. The lowest BCUT2D eigenvalue weighted by Gasteiger charge is -2.20. The summed E-state index contributed by atoms with van der Waals surface area (Å²) in [6.07, 6.45) is 0.133. The molecule has 0 radical (unpaired) electrons. The summed E-state index contributed by atoms with van der Waals surface area (Å²) in [5.41, 5.74) is 5.98. The predicted molar refractivity (Wildman–Crippen MR) is 78.3 cm³/mol. The Balaban J connectivity index is 2.82. The molecule has 1 aromatic carbocycles. The Morgan fingerprint density at radius 3 is 2.65 bits per heavy atom. The van der Waals surface area contributed by atoms with Crippen molar-refractivity contribution in [2.75, 3.05) is 11.9 Å². The predicted octanol–water partition coefficient (Wildman–Crippen LogP) is 3.63. The van der Waals surface area contributed by atoms with Gasteiger partial charge in [0, 0.05) is 5.69 Å². The molecule has 0 aromatic heterocycles. The normalized spacial score (nSPS) is 12.9. The molecule has 0 bridgehead atoms. The van der Waals surface area contributed by atoms with E-state index in [9.17, 15) is 9.18 Å². The number of nitrogens with two attached hydrogens (primary N) is 1. The van der Waals surface area contributed by atoms with Crippen molar-refractivity contribution in [1.29, 1.82) is 0 Å². The van der Waals surface area contributed by atoms with E-state index >= 15 is 0 Å². The van der Waals surface area contributed by atoms with E-state index in [1.807, 2.05) is 6.92 Å². The molecule has 0 fully saturated rings. The van der Waals surface area contributed by atoms with Crippen LogP contribution in [0.2, 0.25) is 0 Å². The number of hydrogen-bond acceptors (Lipinski definition) is 3. The molecule has 1 atom stereocenters. The van der Waals surface area contributed by atoms with Crippen LogP contribution >= 0.6 is 0 Å². The van der Waals surface area contributed by atoms with E-state index in [1.165, 1.54) is 12.1 Å². The Hall–Kier alpha value is -1.62. The summed E-state index contributed by atoms with van der Waals surface area (Å²) in [4.78, 5) is 11.7. The maximum Gasteiger partial charge on any atom is 0.412 e. The van der Waals surface area contributed by atoms with Crippen LogP contribution in [0.1, 0.15) is 45.6 Å². The third-order valence-electron chi connectivity index (χ3n) is 2.77. The second-order valence-corrected chi connectivity index (χ2v) is 5.84. The van der Waals surface area contributed by atoms with Crippen LogP contribution in [-0.4, -0.2) is 18.2 Å². The molecule has 112 valence electrons. The number of anilines is 1. The fourth-order valence-corrected chi connectivity index (χ4v) is 1.83. The fourth-order valence-electron chi connectivity index (χ4n) is 1.83. The van der Waals surface area contributed by atoms with Gasteiger partial charge in [-0.3, -0.25) is 5.32 Å². The smallest absolute Gasteiger partial charge is 0.412 e. The van der Waals surface area contributed by atoms with Gasteiger partial charge in [0.1, 0.15) is 11.4 Å². The van der Waals surface area contributed by atoms with E-state index in [-0.39, 0.29) is 11.7 Å². The molecule has 0 aliphatic carbocycles. The van der Waals surface area contributed by atoms with Crippen molar-refractivity contribution >= 4 is 11.8 Å². The van der Waals surface area contributed by atoms with E-state index in [4.69, 9.17) is 10.5 Å². The van der Waals surface area contributed by atoms with Gasteiger partial charge in [0.2, 0.25) is 0 Å². The van der Waals surface area contributed by atoms with Gasteiger partial charge in [-0.1, -0.05) is 6.92 Å². The summed E-state index contributed by atoms with van der Waals surface area (Å²) in [6, 6.07) is 4.48. The first-order valence-electron chi connectivity index (χ1n) is 6.72. The second-order valence-electron chi connectivity index (χ2n) is 5.84. The molecule has 1 rings (SSSR count). The van der Waals surface area contributed by atoms with Gasteiger partial charge in [0.15, 0.2) is 0 Å². The van der Waals surface area contributed by atoms with Crippen LogP contribution in [0.15, 0.2) is 18.2 Å². The van der Waals surface area contributed by atoms with Gasteiger partial charge < -0.3 is 10.5 Å². The molecule has 0 saturated carbocycles. The van der Waals surface area contributed by atoms with Crippen molar-refractivity contribution in [2.24, 2.45) is 5.73 Å². The monoisotopic (exact) mass is 282 g/mol. The zero-order valence-electron chi connectivity index (χ0n) is 12.5. The Morgan fingerprint density at radius 1 is 1.45 bits per heavy atom. The van der Waals surface area contributed by atoms with E-state index in [2.05, 4.69) is 5.32 Å². The van der Waals surface area contributed by atoms with E-state index in [0.717, 1.165) is 0 Å². The van der Waals surface area contributed by atoms with Gasteiger partial charge in [-0.05, 0) is 63.4 Å². The van der Waals surface area contributed by atoms with Gasteiger partial charge >= 0.3 is 6.09 Å². The first-order chi connectivity index (χ1) is 9.23. The van der Waals surface area contributed by atoms with Crippen molar-refractivity contribution < 1.29 is 13.9 Å². The van der Waals surface area contributed by atoms with Crippen molar-refractivity contribution in [1.82, 2.24) is 0 Å². The third-order valence-corrected chi connectivity index (χ3v) is 2.77. The lowest BCUT2D eigenvalue weighted by atomic mass is 9.97. The van der Waals surface area contributed by atoms with Crippen LogP contribution in [0.3, 0.4) is 0 Å². The van der Waals surface area contributed by atoms with Crippen LogP contribution in [0.5, 0.6) is 0 Å². The van der Waals surface area contributed by atoms with Crippen LogP contribution in [0, 0.1) is 5.82 Å². The van der Waals surface area contributed by atoms with Gasteiger partial charge in [-0.2, -0.15) is 0 Å². The molecule has 0 aliphatic rings. The fraction of sp³-hybridized carbons (Fsp3) is 0.533. The van der Waals surface area contributed by atoms with E-state index in [1.54, 1.807) is 26.8 Å². The van der Waals surface area contributed by atoms with Crippen molar-refractivity contribution in [3.8, 4) is 0 Å². The molecule has 1 amide bonds. The highest BCUT2D eigenvalue weighted by atomic mass is 19.1. The Morgan fingerprint density at radius 2 is 2.10 bits per heavy atom. The quantitative estimate of drug-likeness (QED) is 0.886. The molecule has 5 heteroatoms. The summed E-state index contributed by atoms with van der Waals surface area (Å²) < 4.78 is 18.9. The second kappa shape index (κ2) is 6.70. The Kier molecular flexibility index (Phi) is 5.51. The molecule has 0 heterocycles. The topological polar surface area (TPSA) is 64.3 Å². The lowest BCUT2D eigenvalue weighted by molar-refractivity contribution is 0.0636. The van der Waals surface area contributed by atoms with Crippen molar-refractivity contribution in [3.05, 3.63) is 29.6 Å². The molecular formula is C15H23FN2O2.